The van der Waals surface area contributed by atoms with Crippen LogP contribution < -0.4 is 5.32 Å². The Morgan fingerprint density at radius 2 is 1.96 bits per heavy atom. The molecule has 0 aliphatic carbocycles. The van der Waals surface area contributed by atoms with Gasteiger partial charge in [-0.2, -0.15) is 0 Å². The number of rotatable bonds is 7. The summed E-state index contributed by atoms with van der Waals surface area (Å²) >= 11 is 1.74. The van der Waals surface area contributed by atoms with E-state index in [1.54, 1.807) is 11.3 Å². The van der Waals surface area contributed by atoms with Crippen LogP contribution in [0.4, 0.5) is 0 Å². The first-order valence-corrected chi connectivity index (χ1v) is 9.03. The van der Waals surface area contributed by atoms with Gasteiger partial charge in [-0.05, 0) is 49.9 Å². The van der Waals surface area contributed by atoms with Crippen LogP contribution >= 0.6 is 11.3 Å². The number of amides is 1. The van der Waals surface area contributed by atoms with Gasteiger partial charge in [0.15, 0.2) is 0 Å². The maximum atomic E-state index is 12.6. The fourth-order valence-electron chi connectivity index (χ4n) is 2.78. The summed E-state index contributed by atoms with van der Waals surface area (Å²) in [5, 5.41) is 5.23. The van der Waals surface area contributed by atoms with Gasteiger partial charge in [-0.1, -0.05) is 37.3 Å². The largest absolute Gasteiger partial charge is 0.348 e. The Morgan fingerprint density at radius 3 is 2.57 bits per heavy atom. The fourth-order valence-corrected chi connectivity index (χ4v) is 3.50. The van der Waals surface area contributed by atoms with E-state index in [2.05, 4.69) is 53.7 Å². The molecule has 0 saturated heterocycles. The standard InChI is InChI=1S/C19H26N2OS/c1-5-21(13-17-10-8-12-23-17)16(4)19(22)20-15(3)18-11-7-6-9-14(18)2/h6-12,15-16H,5,13H2,1-4H3,(H,20,22). The highest BCUT2D eigenvalue weighted by molar-refractivity contribution is 7.09. The van der Waals surface area contributed by atoms with Crippen LogP contribution in [0, 0.1) is 6.92 Å². The lowest BCUT2D eigenvalue weighted by Crippen LogP contribution is -2.45. The molecule has 0 spiro atoms. The van der Waals surface area contributed by atoms with E-state index >= 15 is 0 Å². The third kappa shape index (κ3) is 4.66. The topological polar surface area (TPSA) is 32.3 Å². The van der Waals surface area contributed by atoms with Crippen LogP contribution in [0.2, 0.25) is 0 Å². The molecule has 1 N–H and O–H groups in total. The van der Waals surface area contributed by atoms with Crippen molar-refractivity contribution in [1.82, 2.24) is 10.2 Å². The van der Waals surface area contributed by atoms with E-state index in [1.165, 1.54) is 16.0 Å². The predicted molar refractivity (Wildman–Crippen MR) is 97.6 cm³/mol. The summed E-state index contributed by atoms with van der Waals surface area (Å²) in [7, 11) is 0. The normalized spacial score (nSPS) is 13.8. The minimum Gasteiger partial charge on any atom is -0.348 e. The van der Waals surface area contributed by atoms with Crippen molar-refractivity contribution in [3.8, 4) is 0 Å². The molecule has 23 heavy (non-hydrogen) atoms. The van der Waals surface area contributed by atoms with Gasteiger partial charge in [0.25, 0.3) is 0 Å². The Balaban J connectivity index is 1.99. The third-order valence-electron chi connectivity index (χ3n) is 4.29. The van der Waals surface area contributed by atoms with Crippen molar-refractivity contribution in [2.75, 3.05) is 6.54 Å². The van der Waals surface area contributed by atoms with Gasteiger partial charge in [-0.3, -0.25) is 9.69 Å². The van der Waals surface area contributed by atoms with Gasteiger partial charge in [0, 0.05) is 11.4 Å². The van der Waals surface area contributed by atoms with Gasteiger partial charge in [-0.15, -0.1) is 11.3 Å². The van der Waals surface area contributed by atoms with E-state index in [-0.39, 0.29) is 18.0 Å². The highest BCUT2D eigenvalue weighted by atomic mass is 32.1. The van der Waals surface area contributed by atoms with Gasteiger partial charge in [0.2, 0.25) is 5.91 Å². The SMILES string of the molecule is CCN(Cc1cccs1)C(C)C(=O)NC(C)c1ccccc1C. The van der Waals surface area contributed by atoms with E-state index < -0.39 is 0 Å². The first-order valence-electron chi connectivity index (χ1n) is 8.15. The van der Waals surface area contributed by atoms with Gasteiger partial charge in [0.05, 0.1) is 12.1 Å². The second-order valence-electron chi connectivity index (χ2n) is 5.91. The molecule has 0 aliphatic rings. The van der Waals surface area contributed by atoms with Crippen molar-refractivity contribution in [3.05, 3.63) is 57.8 Å². The fraction of sp³-hybridized carbons (Fsp3) is 0.421. The molecule has 0 radical (unpaired) electrons. The molecule has 3 nitrogen and oxygen atoms in total. The zero-order chi connectivity index (χ0) is 16.8. The number of likely N-dealkylation sites (N-methyl/N-ethyl adjacent to an activating group) is 1. The number of nitrogens with one attached hydrogen (secondary N) is 1. The zero-order valence-electron chi connectivity index (χ0n) is 14.4. The Morgan fingerprint density at radius 1 is 1.22 bits per heavy atom. The molecule has 1 heterocycles. The summed E-state index contributed by atoms with van der Waals surface area (Å²) < 4.78 is 0. The van der Waals surface area contributed by atoms with Crippen LogP contribution in [0.3, 0.4) is 0 Å². The average Bonchev–Trinajstić information content (AvgIpc) is 3.05. The highest BCUT2D eigenvalue weighted by Crippen LogP contribution is 2.18. The van der Waals surface area contributed by atoms with Crippen molar-refractivity contribution >= 4 is 17.2 Å². The Hall–Kier alpha value is -1.65. The van der Waals surface area contributed by atoms with Gasteiger partial charge >= 0.3 is 0 Å². The molecule has 1 amide bonds. The number of hydrogen-bond acceptors (Lipinski definition) is 3. The van der Waals surface area contributed by atoms with Crippen molar-refractivity contribution in [3.63, 3.8) is 0 Å². The summed E-state index contributed by atoms with van der Waals surface area (Å²) in [4.78, 5) is 16.1. The van der Waals surface area contributed by atoms with Crippen molar-refractivity contribution in [1.29, 1.82) is 0 Å². The average molecular weight is 330 g/mol. The van der Waals surface area contributed by atoms with Crippen molar-refractivity contribution < 1.29 is 4.79 Å². The van der Waals surface area contributed by atoms with E-state index in [9.17, 15) is 4.79 Å². The summed E-state index contributed by atoms with van der Waals surface area (Å²) in [5.74, 6) is 0.0826. The molecule has 2 rings (SSSR count). The molecule has 0 aliphatic heterocycles. The lowest BCUT2D eigenvalue weighted by molar-refractivity contribution is -0.126. The van der Waals surface area contributed by atoms with Crippen LogP contribution in [0.1, 0.15) is 42.8 Å². The Kier molecular flexibility index (Phi) is 6.37. The number of aryl methyl sites for hydroxylation is 1. The summed E-state index contributed by atoms with van der Waals surface area (Å²) in [6, 6.07) is 12.2. The molecule has 1 aromatic carbocycles. The molecule has 0 fully saturated rings. The first kappa shape index (κ1) is 17.7. The first-order chi connectivity index (χ1) is 11.0. The molecule has 0 bridgehead atoms. The van der Waals surface area contributed by atoms with Crippen molar-refractivity contribution in [2.24, 2.45) is 0 Å². The Bertz CT molecular complexity index is 624. The number of nitrogens with zero attached hydrogens (tertiary/aromatic N) is 1. The summed E-state index contributed by atoms with van der Waals surface area (Å²) in [6.45, 7) is 9.88. The summed E-state index contributed by atoms with van der Waals surface area (Å²) in [6.07, 6.45) is 0. The minimum absolute atomic E-state index is 0.0200. The third-order valence-corrected chi connectivity index (χ3v) is 5.15. The number of carbonyl (C=O) groups excluding carboxylic acids is 1. The molecule has 0 saturated carbocycles. The van der Waals surface area contributed by atoms with E-state index in [0.717, 1.165) is 13.1 Å². The van der Waals surface area contributed by atoms with Crippen LogP contribution in [0.15, 0.2) is 41.8 Å². The van der Waals surface area contributed by atoms with Gasteiger partial charge < -0.3 is 5.32 Å². The molecular formula is C19H26N2OS. The molecule has 2 unspecified atom stereocenters. The van der Waals surface area contributed by atoms with Crippen molar-refractivity contribution in [2.45, 2.75) is 46.3 Å². The smallest absolute Gasteiger partial charge is 0.237 e. The molecule has 2 atom stereocenters. The number of hydrogen-bond donors (Lipinski definition) is 1. The van der Waals surface area contributed by atoms with Crippen LogP contribution in [0.25, 0.3) is 0 Å². The summed E-state index contributed by atoms with van der Waals surface area (Å²) in [5.41, 5.74) is 2.38. The number of thiophene rings is 1. The maximum absolute atomic E-state index is 12.6. The molecule has 2 aromatic rings. The van der Waals surface area contributed by atoms with Gasteiger partial charge in [0.1, 0.15) is 0 Å². The minimum atomic E-state index is -0.145. The molecule has 124 valence electrons. The highest BCUT2D eigenvalue weighted by Gasteiger charge is 2.22. The number of carbonyl (C=O) groups is 1. The van der Waals surface area contributed by atoms with E-state index in [1.807, 2.05) is 26.0 Å². The Labute approximate surface area is 143 Å². The van der Waals surface area contributed by atoms with E-state index in [0.29, 0.717) is 0 Å². The molecular weight excluding hydrogens is 304 g/mol. The van der Waals surface area contributed by atoms with Crippen LogP contribution in [-0.4, -0.2) is 23.4 Å². The zero-order valence-corrected chi connectivity index (χ0v) is 15.2. The predicted octanol–water partition coefficient (Wildman–Crippen LogP) is 4.14. The maximum Gasteiger partial charge on any atom is 0.237 e. The molecule has 1 aromatic heterocycles. The van der Waals surface area contributed by atoms with Gasteiger partial charge in [-0.25, -0.2) is 0 Å². The lowest BCUT2D eigenvalue weighted by Gasteiger charge is -2.28. The lowest BCUT2D eigenvalue weighted by atomic mass is 10.0. The second-order valence-corrected chi connectivity index (χ2v) is 6.94. The van der Waals surface area contributed by atoms with E-state index in [4.69, 9.17) is 0 Å². The van der Waals surface area contributed by atoms with Crippen LogP contribution in [-0.2, 0) is 11.3 Å². The second kappa shape index (κ2) is 8.27. The quantitative estimate of drug-likeness (QED) is 0.827. The molecule has 4 heteroatoms. The number of benzene rings is 1. The van der Waals surface area contributed by atoms with Crippen LogP contribution in [0.5, 0.6) is 0 Å². The monoisotopic (exact) mass is 330 g/mol.